The van der Waals surface area contributed by atoms with Crippen LogP contribution in [0.3, 0.4) is 0 Å². The van der Waals surface area contributed by atoms with Crippen LogP contribution in [-0.2, 0) is 6.42 Å². The Morgan fingerprint density at radius 3 is 2.43 bits per heavy atom. The minimum absolute atomic E-state index is 0.0143. The van der Waals surface area contributed by atoms with Gasteiger partial charge in [-0.3, -0.25) is 15.5 Å². The van der Waals surface area contributed by atoms with Crippen LogP contribution in [0.4, 0.5) is 11.4 Å². The first-order valence-electron chi connectivity index (χ1n) is 11.1. The second-order valence-corrected chi connectivity index (χ2v) is 8.27. The quantitative estimate of drug-likeness (QED) is 0.151. The van der Waals surface area contributed by atoms with Crippen LogP contribution in [0.25, 0.3) is 11.0 Å². The van der Waals surface area contributed by atoms with Gasteiger partial charge in [0.15, 0.2) is 0 Å². The summed E-state index contributed by atoms with van der Waals surface area (Å²) in [6, 6.07) is 19.6. The van der Waals surface area contributed by atoms with E-state index in [1.165, 1.54) is 12.1 Å². The molecule has 0 unspecified atom stereocenters. The Morgan fingerprint density at radius 1 is 1.03 bits per heavy atom. The Balaban J connectivity index is 1.49. The molecule has 8 nitrogen and oxygen atoms in total. The fourth-order valence-corrected chi connectivity index (χ4v) is 3.76. The van der Waals surface area contributed by atoms with Crippen molar-refractivity contribution in [3.8, 4) is 5.75 Å². The van der Waals surface area contributed by atoms with E-state index in [4.69, 9.17) is 9.15 Å². The Labute approximate surface area is 202 Å². The summed E-state index contributed by atoms with van der Waals surface area (Å²) >= 11 is 0. The summed E-state index contributed by atoms with van der Waals surface area (Å²) in [4.78, 5) is 23.1. The standard InChI is InChI=1S/C27H25N3O5/c1-17(28-29-21-9-11-22(12-10-21)30(32)33)16-34-25-14-13-23-18(2)24(15-20-7-5-4-6-8-20)27(31)35-26(23)19(25)3/h4-14,29H,15-16H2,1-3H3. The third-order valence-corrected chi connectivity index (χ3v) is 5.77. The average Bonchev–Trinajstić information content (AvgIpc) is 2.86. The molecule has 0 bridgehead atoms. The van der Waals surface area contributed by atoms with Crippen molar-refractivity contribution in [3.63, 3.8) is 0 Å². The molecule has 0 amide bonds. The van der Waals surface area contributed by atoms with Gasteiger partial charge in [0.05, 0.1) is 16.3 Å². The zero-order chi connectivity index (χ0) is 24.9. The van der Waals surface area contributed by atoms with Crippen molar-refractivity contribution in [1.82, 2.24) is 0 Å². The first-order valence-corrected chi connectivity index (χ1v) is 11.1. The van der Waals surface area contributed by atoms with Gasteiger partial charge >= 0.3 is 5.63 Å². The van der Waals surface area contributed by atoms with Gasteiger partial charge in [0.25, 0.3) is 5.69 Å². The van der Waals surface area contributed by atoms with Gasteiger partial charge in [0.2, 0.25) is 0 Å². The topological polar surface area (TPSA) is 107 Å². The molecule has 0 radical (unpaired) electrons. The van der Waals surface area contributed by atoms with Crippen LogP contribution in [0, 0.1) is 24.0 Å². The number of fused-ring (bicyclic) bond motifs is 1. The van der Waals surface area contributed by atoms with Gasteiger partial charge in [-0.2, -0.15) is 5.10 Å². The van der Waals surface area contributed by atoms with Crippen molar-refractivity contribution in [3.05, 3.63) is 110 Å². The zero-order valence-corrected chi connectivity index (χ0v) is 19.7. The molecule has 0 aliphatic heterocycles. The van der Waals surface area contributed by atoms with Gasteiger partial charge in [-0.1, -0.05) is 30.3 Å². The number of ether oxygens (including phenoxy) is 1. The third-order valence-electron chi connectivity index (χ3n) is 5.77. The predicted octanol–water partition coefficient (Wildman–Crippen LogP) is 5.78. The van der Waals surface area contributed by atoms with Gasteiger partial charge in [-0.15, -0.1) is 0 Å². The second-order valence-electron chi connectivity index (χ2n) is 8.27. The van der Waals surface area contributed by atoms with Crippen molar-refractivity contribution < 1.29 is 14.1 Å². The molecule has 0 saturated carbocycles. The number of aryl methyl sites for hydroxylation is 2. The molecule has 8 heteroatoms. The number of non-ortho nitro benzene ring substituents is 1. The minimum atomic E-state index is -0.453. The lowest BCUT2D eigenvalue weighted by molar-refractivity contribution is -0.384. The van der Waals surface area contributed by atoms with E-state index in [0.29, 0.717) is 34.7 Å². The van der Waals surface area contributed by atoms with E-state index in [0.717, 1.165) is 22.1 Å². The molecular formula is C27H25N3O5. The number of nitro groups is 1. The van der Waals surface area contributed by atoms with E-state index < -0.39 is 4.92 Å². The molecule has 0 fully saturated rings. The van der Waals surface area contributed by atoms with Gasteiger partial charge in [0.1, 0.15) is 17.9 Å². The van der Waals surface area contributed by atoms with Gasteiger partial charge < -0.3 is 9.15 Å². The Kier molecular flexibility index (Phi) is 6.91. The van der Waals surface area contributed by atoms with E-state index in [-0.39, 0.29) is 17.9 Å². The molecule has 4 aromatic rings. The lowest BCUT2D eigenvalue weighted by atomic mass is 9.98. The largest absolute Gasteiger partial charge is 0.487 e. The lowest BCUT2D eigenvalue weighted by Gasteiger charge is -2.13. The van der Waals surface area contributed by atoms with Crippen molar-refractivity contribution in [2.24, 2.45) is 5.10 Å². The number of nitrogens with zero attached hydrogens (tertiary/aromatic N) is 2. The average molecular weight is 472 g/mol. The molecule has 1 heterocycles. The normalized spacial score (nSPS) is 11.5. The SMILES string of the molecule is CC(COc1ccc2c(C)c(Cc3ccccc3)c(=O)oc2c1C)=NNc1ccc([N+](=O)[O-])cc1. The number of nitro benzene ring substituents is 1. The van der Waals surface area contributed by atoms with E-state index in [1.54, 1.807) is 19.1 Å². The highest BCUT2D eigenvalue weighted by molar-refractivity contribution is 5.87. The Morgan fingerprint density at radius 2 is 1.74 bits per heavy atom. The minimum Gasteiger partial charge on any atom is -0.487 e. The van der Waals surface area contributed by atoms with Crippen LogP contribution in [0.5, 0.6) is 5.75 Å². The van der Waals surface area contributed by atoms with E-state index >= 15 is 0 Å². The number of nitrogens with one attached hydrogen (secondary N) is 1. The summed E-state index contributed by atoms with van der Waals surface area (Å²) in [5.74, 6) is 0.598. The predicted molar refractivity (Wildman–Crippen MR) is 137 cm³/mol. The molecule has 1 aromatic heterocycles. The van der Waals surface area contributed by atoms with Crippen LogP contribution in [0.15, 0.2) is 81.0 Å². The van der Waals surface area contributed by atoms with Crippen molar-refractivity contribution >= 4 is 28.1 Å². The van der Waals surface area contributed by atoms with Crippen LogP contribution < -0.4 is 15.8 Å². The van der Waals surface area contributed by atoms with Crippen molar-refractivity contribution in [1.29, 1.82) is 0 Å². The van der Waals surface area contributed by atoms with Crippen molar-refractivity contribution in [2.45, 2.75) is 27.2 Å². The second kappa shape index (κ2) is 10.2. The third kappa shape index (κ3) is 5.38. The monoisotopic (exact) mass is 471 g/mol. The molecule has 178 valence electrons. The summed E-state index contributed by atoms with van der Waals surface area (Å²) in [5, 5.41) is 15.9. The molecule has 0 aliphatic rings. The number of benzene rings is 3. The molecule has 0 spiro atoms. The highest BCUT2D eigenvalue weighted by Crippen LogP contribution is 2.30. The van der Waals surface area contributed by atoms with Crippen LogP contribution >= 0.6 is 0 Å². The highest BCUT2D eigenvalue weighted by Gasteiger charge is 2.16. The van der Waals surface area contributed by atoms with Crippen LogP contribution in [0.2, 0.25) is 0 Å². The highest BCUT2D eigenvalue weighted by atomic mass is 16.6. The van der Waals surface area contributed by atoms with Crippen molar-refractivity contribution in [2.75, 3.05) is 12.0 Å². The number of hydrogen-bond acceptors (Lipinski definition) is 7. The Hall–Kier alpha value is -4.46. The molecule has 4 rings (SSSR count). The summed E-state index contributed by atoms with van der Waals surface area (Å²) in [5.41, 5.74) is 7.68. The fourth-order valence-electron chi connectivity index (χ4n) is 3.76. The maximum atomic E-state index is 12.8. The maximum Gasteiger partial charge on any atom is 0.340 e. The van der Waals surface area contributed by atoms with Crippen LogP contribution in [-0.4, -0.2) is 17.2 Å². The maximum absolute atomic E-state index is 12.8. The molecule has 0 atom stereocenters. The first-order chi connectivity index (χ1) is 16.8. The number of hydrogen-bond donors (Lipinski definition) is 1. The molecule has 3 aromatic carbocycles. The fraction of sp³-hybridized carbons (Fsp3) is 0.185. The van der Waals surface area contributed by atoms with Crippen LogP contribution in [0.1, 0.15) is 29.2 Å². The summed E-state index contributed by atoms with van der Waals surface area (Å²) < 4.78 is 11.7. The Bertz CT molecular complexity index is 1460. The van der Waals surface area contributed by atoms with Gasteiger partial charge in [-0.25, -0.2) is 4.79 Å². The van der Waals surface area contributed by atoms with E-state index in [2.05, 4.69) is 10.5 Å². The lowest BCUT2D eigenvalue weighted by Crippen LogP contribution is -2.13. The molecule has 35 heavy (non-hydrogen) atoms. The van der Waals surface area contributed by atoms with Gasteiger partial charge in [-0.05, 0) is 56.2 Å². The summed E-state index contributed by atoms with van der Waals surface area (Å²) in [6.45, 7) is 5.81. The smallest absolute Gasteiger partial charge is 0.340 e. The summed E-state index contributed by atoms with van der Waals surface area (Å²) in [6.07, 6.45) is 0.514. The molecule has 0 aliphatic carbocycles. The number of anilines is 1. The molecule has 1 N–H and O–H groups in total. The summed E-state index contributed by atoms with van der Waals surface area (Å²) in [7, 11) is 0. The number of hydrazone groups is 1. The number of rotatable bonds is 8. The molecule has 0 saturated heterocycles. The first kappa shape index (κ1) is 23.7. The zero-order valence-electron chi connectivity index (χ0n) is 19.7. The molecular weight excluding hydrogens is 446 g/mol. The van der Waals surface area contributed by atoms with Gasteiger partial charge in [0, 0.05) is 35.1 Å². The van der Waals surface area contributed by atoms with E-state index in [1.807, 2.05) is 56.3 Å². The van der Waals surface area contributed by atoms with E-state index in [9.17, 15) is 14.9 Å².